The van der Waals surface area contributed by atoms with Gasteiger partial charge < -0.3 is 10.4 Å². The molecule has 33 heavy (non-hydrogen) atoms. The number of para-hydroxylation sites is 1. The van der Waals surface area contributed by atoms with Gasteiger partial charge in [-0.25, -0.2) is 4.79 Å². The Hall–Kier alpha value is -3.35. The minimum absolute atomic E-state index is 0.0237. The van der Waals surface area contributed by atoms with Gasteiger partial charge in [-0.15, -0.1) is 0 Å². The first-order valence-corrected chi connectivity index (χ1v) is 11.4. The smallest absolute Gasteiger partial charge is 0.321 e. The lowest BCUT2D eigenvalue weighted by Crippen LogP contribution is -2.30. The fourth-order valence-corrected chi connectivity index (χ4v) is 5.50. The monoisotopic (exact) mass is 459 g/mol. The molecule has 2 atom stereocenters. The molecule has 0 aromatic heterocycles. The normalized spacial score (nSPS) is 23.3. The second-order valence-electron chi connectivity index (χ2n) is 8.84. The predicted octanol–water partition coefficient (Wildman–Crippen LogP) is 4.47. The van der Waals surface area contributed by atoms with E-state index in [2.05, 4.69) is 5.32 Å². The Kier molecular flexibility index (Phi) is 4.50. The highest BCUT2D eigenvalue weighted by Gasteiger charge is 2.67. The van der Waals surface area contributed by atoms with Crippen LogP contribution >= 0.6 is 11.6 Å². The molecule has 2 N–H and O–H groups in total. The largest absolute Gasteiger partial charge is 0.392 e. The summed E-state index contributed by atoms with van der Waals surface area (Å²) in [4.78, 5) is 29.7. The maximum absolute atomic E-state index is 14.0. The Bertz CT molecular complexity index is 1290. The third-order valence-corrected chi connectivity index (χ3v) is 7.27. The summed E-state index contributed by atoms with van der Waals surface area (Å²) in [7, 11) is 0. The molecule has 1 aliphatic carbocycles. The number of hydrogen-bond donors (Lipinski definition) is 2. The van der Waals surface area contributed by atoms with Crippen LogP contribution in [0.4, 0.5) is 21.9 Å². The Morgan fingerprint density at radius 3 is 2.52 bits per heavy atom. The van der Waals surface area contributed by atoms with Gasteiger partial charge in [0, 0.05) is 29.7 Å². The van der Waals surface area contributed by atoms with Crippen LogP contribution in [0.15, 0.2) is 66.7 Å². The van der Waals surface area contributed by atoms with Crippen molar-refractivity contribution in [3.8, 4) is 0 Å². The van der Waals surface area contributed by atoms with Crippen molar-refractivity contribution in [1.82, 2.24) is 5.32 Å². The molecule has 2 heterocycles. The Morgan fingerprint density at radius 1 is 1.03 bits per heavy atom. The summed E-state index contributed by atoms with van der Waals surface area (Å²) in [6.07, 6.45) is 0.738. The van der Waals surface area contributed by atoms with E-state index >= 15 is 0 Å². The van der Waals surface area contributed by atoms with E-state index in [1.54, 1.807) is 15.9 Å². The number of amides is 3. The number of carbonyl (C=O) groups is 2. The molecule has 6 nitrogen and oxygen atoms in total. The average molecular weight is 460 g/mol. The summed E-state index contributed by atoms with van der Waals surface area (Å²) in [5, 5.41) is 13.4. The molecule has 2 fully saturated rings. The number of hydrogen-bond acceptors (Lipinski definition) is 3. The van der Waals surface area contributed by atoms with Gasteiger partial charge in [0.05, 0.1) is 23.4 Å². The summed E-state index contributed by atoms with van der Waals surface area (Å²) >= 11 is 6.08. The minimum Gasteiger partial charge on any atom is -0.392 e. The molecule has 3 aliphatic rings. The summed E-state index contributed by atoms with van der Waals surface area (Å²) in [5.74, 6) is 0.105. The van der Waals surface area contributed by atoms with E-state index in [-0.39, 0.29) is 24.5 Å². The van der Waals surface area contributed by atoms with Crippen LogP contribution in [0.3, 0.4) is 0 Å². The fourth-order valence-electron chi connectivity index (χ4n) is 5.37. The van der Waals surface area contributed by atoms with E-state index in [1.165, 1.54) is 0 Å². The molecule has 1 saturated carbocycles. The number of aliphatic hydroxyl groups excluding tert-OH is 1. The number of rotatable bonds is 4. The average Bonchev–Trinajstić information content (AvgIpc) is 3.36. The van der Waals surface area contributed by atoms with Gasteiger partial charge in [0.2, 0.25) is 5.91 Å². The standard InChI is InChI=1S/C26H22ClN3O3/c27-18-7-5-17(6-8-18)22-14-26(22)21-3-1-2-4-23(21)30(24(26)32)20-12-16(15-31)11-19(13-20)29-10-9-28-25(29)33/h1-8,11-13,22,31H,9-10,14-15H2,(H,28,33). The van der Waals surface area contributed by atoms with Gasteiger partial charge in [-0.05, 0) is 59.5 Å². The summed E-state index contributed by atoms with van der Waals surface area (Å²) in [5.41, 5.74) is 4.34. The van der Waals surface area contributed by atoms with Gasteiger partial charge >= 0.3 is 6.03 Å². The number of benzene rings is 3. The molecule has 2 unspecified atom stereocenters. The second-order valence-corrected chi connectivity index (χ2v) is 9.27. The maximum Gasteiger partial charge on any atom is 0.321 e. The van der Waals surface area contributed by atoms with Gasteiger partial charge in [0.1, 0.15) is 0 Å². The first kappa shape index (κ1) is 20.3. The second kappa shape index (κ2) is 7.33. The van der Waals surface area contributed by atoms with Crippen LogP contribution in [0.1, 0.15) is 29.0 Å². The Morgan fingerprint density at radius 2 is 1.79 bits per heavy atom. The minimum atomic E-state index is -0.606. The van der Waals surface area contributed by atoms with Crippen molar-refractivity contribution in [3.05, 3.63) is 88.4 Å². The highest BCUT2D eigenvalue weighted by Crippen LogP contribution is 2.67. The highest BCUT2D eigenvalue weighted by molar-refractivity contribution is 6.30. The van der Waals surface area contributed by atoms with Gasteiger partial charge in [0.15, 0.2) is 0 Å². The van der Waals surface area contributed by atoms with Crippen molar-refractivity contribution >= 4 is 40.6 Å². The Labute approximate surface area is 196 Å². The molecule has 0 bridgehead atoms. The van der Waals surface area contributed by atoms with Crippen molar-refractivity contribution < 1.29 is 14.7 Å². The van der Waals surface area contributed by atoms with Crippen LogP contribution in [0.5, 0.6) is 0 Å². The Balaban J connectivity index is 1.45. The van der Waals surface area contributed by atoms with E-state index < -0.39 is 5.41 Å². The van der Waals surface area contributed by atoms with E-state index in [1.807, 2.05) is 60.7 Å². The van der Waals surface area contributed by atoms with Crippen LogP contribution < -0.4 is 15.1 Å². The molecule has 7 heteroatoms. The summed E-state index contributed by atoms with van der Waals surface area (Å²) in [6.45, 7) is 0.924. The zero-order valence-corrected chi connectivity index (χ0v) is 18.5. The number of anilines is 3. The predicted molar refractivity (Wildman–Crippen MR) is 127 cm³/mol. The zero-order valence-electron chi connectivity index (χ0n) is 17.8. The lowest BCUT2D eigenvalue weighted by molar-refractivity contribution is -0.119. The van der Waals surface area contributed by atoms with Crippen LogP contribution in [0.25, 0.3) is 0 Å². The number of halogens is 1. The number of nitrogens with one attached hydrogen (secondary N) is 1. The summed E-state index contributed by atoms with van der Waals surface area (Å²) in [6, 6.07) is 20.9. The van der Waals surface area contributed by atoms with E-state index in [0.29, 0.717) is 35.1 Å². The van der Waals surface area contributed by atoms with E-state index in [4.69, 9.17) is 11.6 Å². The molecule has 3 aromatic carbocycles. The molecular weight excluding hydrogens is 438 g/mol. The van der Waals surface area contributed by atoms with E-state index in [9.17, 15) is 14.7 Å². The number of fused-ring (bicyclic) bond motifs is 2. The maximum atomic E-state index is 14.0. The SMILES string of the molecule is O=C1NCCN1c1cc(CO)cc(N2C(=O)C3(CC3c3ccc(Cl)cc3)c3ccccc32)c1. The lowest BCUT2D eigenvalue weighted by atomic mass is 9.92. The molecule has 1 spiro atoms. The molecule has 0 radical (unpaired) electrons. The molecule has 3 aromatic rings. The number of nitrogens with zero attached hydrogens (tertiary/aromatic N) is 2. The third kappa shape index (κ3) is 2.98. The van der Waals surface area contributed by atoms with Crippen molar-refractivity contribution in [3.63, 3.8) is 0 Å². The molecule has 3 amide bonds. The molecule has 2 aliphatic heterocycles. The molecule has 1 saturated heterocycles. The molecule has 6 rings (SSSR count). The van der Waals surface area contributed by atoms with Gasteiger partial charge in [-0.1, -0.05) is 41.9 Å². The third-order valence-electron chi connectivity index (χ3n) is 7.02. The molecular formula is C26H22ClN3O3. The molecule has 166 valence electrons. The van der Waals surface area contributed by atoms with Gasteiger partial charge in [-0.2, -0.15) is 0 Å². The van der Waals surface area contributed by atoms with Crippen molar-refractivity contribution in [2.75, 3.05) is 22.9 Å². The first-order chi connectivity index (χ1) is 16.0. The van der Waals surface area contributed by atoms with Crippen LogP contribution in [-0.4, -0.2) is 30.1 Å². The lowest BCUT2D eigenvalue weighted by Gasteiger charge is -2.23. The van der Waals surface area contributed by atoms with Crippen LogP contribution in [-0.2, 0) is 16.8 Å². The van der Waals surface area contributed by atoms with Crippen LogP contribution in [0.2, 0.25) is 5.02 Å². The fraction of sp³-hybridized carbons (Fsp3) is 0.231. The number of carbonyl (C=O) groups excluding carboxylic acids is 2. The van der Waals surface area contributed by atoms with E-state index in [0.717, 1.165) is 23.2 Å². The first-order valence-electron chi connectivity index (χ1n) is 11.0. The highest BCUT2D eigenvalue weighted by atomic mass is 35.5. The van der Waals surface area contributed by atoms with Crippen molar-refractivity contribution in [2.24, 2.45) is 0 Å². The van der Waals surface area contributed by atoms with Gasteiger partial charge in [0.25, 0.3) is 0 Å². The number of urea groups is 1. The van der Waals surface area contributed by atoms with Crippen LogP contribution in [0, 0.1) is 0 Å². The topological polar surface area (TPSA) is 72.9 Å². The van der Waals surface area contributed by atoms with Crippen molar-refractivity contribution in [1.29, 1.82) is 0 Å². The zero-order chi connectivity index (χ0) is 22.7. The van der Waals surface area contributed by atoms with Crippen molar-refractivity contribution in [2.45, 2.75) is 24.4 Å². The summed E-state index contributed by atoms with van der Waals surface area (Å²) < 4.78 is 0. The number of aliphatic hydroxyl groups is 1. The van der Waals surface area contributed by atoms with Gasteiger partial charge in [-0.3, -0.25) is 14.6 Å². The quantitative estimate of drug-likeness (QED) is 0.604.